The van der Waals surface area contributed by atoms with Gasteiger partial charge in [-0.05, 0) is 12.1 Å². The first-order valence-corrected chi connectivity index (χ1v) is 6.28. The van der Waals surface area contributed by atoms with E-state index < -0.39 is 0 Å². The molecule has 2 rings (SSSR count). The molecule has 3 heteroatoms. The standard InChI is InChI=1S/C15H18N2O/c1-11(2)16-9-7-15(18)13-6-5-12-4-3-8-17-14(12)10-13/h3-6,8,10-11,16H,7,9H2,1-2H3. The first-order valence-electron chi connectivity index (χ1n) is 6.28. The lowest BCUT2D eigenvalue weighted by Gasteiger charge is -2.07. The molecule has 94 valence electrons. The molecule has 1 aromatic heterocycles. The monoisotopic (exact) mass is 242 g/mol. The zero-order valence-electron chi connectivity index (χ0n) is 10.8. The lowest BCUT2D eigenvalue weighted by molar-refractivity contribution is 0.0982. The number of hydrogen-bond donors (Lipinski definition) is 1. The maximum absolute atomic E-state index is 12.0. The molecule has 0 atom stereocenters. The van der Waals surface area contributed by atoms with Gasteiger partial charge in [0.1, 0.15) is 0 Å². The summed E-state index contributed by atoms with van der Waals surface area (Å²) in [7, 11) is 0. The van der Waals surface area contributed by atoms with Gasteiger partial charge in [0.2, 0.25) is 0 Å². The van der Waals surface area contributed by atoms with Crippen molar-refractivity contribution in [1.82, 2.24) is 10.3 Å². The molecule has 0 bridgehead atoms. The predicted molar refractivity (Wildman–Crippen MR) is 73.8 cm³/mol. The molecule has 0 saturated heterocycles. The Labute approximate surface area is 107 Å². The molecule has 0 amide bonds. The third-order valence-corrected chi connectivity index (χ3v) is 2.83. The quantitative estimate of drug-likeness (QED) is 0.820. The van der Waals surface area contributed by atoms with Crippen LogP contribution in [-0.4, -0.2) is 23.4 Å². The van der Waals surface area contributed by atoms with Gasteiger partial charge in [0.05, 0.1) is 5.52 Å². The van der Waals surface area contributed by atoms with E-state index in [0.29, 0.717) is 12.5 Å². The van der Waals surface area contributed by atoms with Crippen LogP contribution in [0.4, 0.5) is 0 Å². The maximum Gasteiger partial charge on any atom is 0.164 e. The van der Waals surface area contributed by atoms with E-state index in [2.05, 4.69) is 24.1 Å². The summed E-state index contributed by atoms with van der Waals surface area (Å²) in [6, 6.07) is 10.0. The van der Waals surface area contributed by atoms with Crippen LogP contribution in [0.1, 0.15) is 30.6 Å². The normalized spacial score (nSPS) is 11.1. The fourth-order valence-electron chi connectivity index (χ4n) is 1.86. The van der Waals surface area contributed by atoms with Gasteiger partial charge < -0.3 is 5.32 Å². The second-order valence-electron chi connectivity index (χ2n) is 4.69. The van der Waals surface area contributed by atoms with Crippen molar-refractivity contribution >= 4 is 16.7 Å². The third kappa shape index (κ3) is 3.14. The van der Waals surface area contributed by atoms with E-state index in [1.165, 1.54) is 0 Å². The second kappa shape index (κ2) is 5.74. The number of pyridine rings is 1. The van der Waals surface area contributed by atoms with Gasteiger partial charge in [0.25, 0.3) is 0 Å². The molecule has 18 heavy (non-hydrogen) atoms. The third-order valence-electron chi connectivity index (χ3n) is 2.83. The number of aromatic nitrogens is 1. The summed E-state index contributed by atoms with van der Waals surface area (Å²) in [6.07, 6.45) is 2.27. The van der Waals surface area contributed by atoms with Crippen LogP contribution in [-0.2, 0) is 0 Å². The van der Waals surface area contributed by atoms with Crippen LogP contribution in [0, 0.1) is 0 Å². The Hall–Kier alpha value is -1.74. The highest BCUT2D eigenvalue weighted by Gasteiger charge is 2.07. The minimum absolute atomic E-state index is 0.163. The Morgan fingerprint density at radius 3 is 2.94 bits per heavy atom. The largest absolute Gasteiger partial charge is 0.314 e. The summed E-state index contributed by atoms with van der Waals surface area (Å²) in [6.45, 7) is 4.87. The zero-order chi connectivity index (χ0) is 13.0. The molecular weight excluding hydrogens is 224 g/mol. The highest BCUT2D eigenvalue weighted by molar-refractivity contribution is 5.99. The minimum atomic E-state index is 0.163. The molecule has 1 aromatic carbocycles. The molecule has 0 unspecified atom stereocenters. The SMILES string of the molecule is CC(C)NCCC(=O)c1ccc2cccnc2c1. The average Bonchev–Trinajstić information content (AvgIpc) is 2.37. The first-order chi connectivity index (χ1) is 8.66. The highest BCUT2D eigenvalue weighted by Crippen LogP contribution is 2.14. The average molecular weight is 242 g/mol. The van der Waals surface area contributed by atoms with Crippen molar-refractivity contribution in [3.8, 4) is 0 Å². The number of carbonyl (C=O) groups is 1. The number of rotatable bonds is 5. The summed E-state index contributed by atoms with van der Waals surface area (Å²) < 4.78 is 0. The lowest BCUT2D eigenvalue weighted by atomic mass is 10.1. The van der Waals surface area contributed by atoms with Gasteiger partial charge in [-0.1, -0.05) is 32.0 Å². The number of carbonyl (C=O) groups excluding carboxylic acids is 1. The second-order valence-corrected chi connectivity index (χ2v) is 4.69. The van der Waals surface area contributed by atoms with Gasteiger partial charge in [-0.15, -0.1) is 0 Å². The van der Waals surface area contributed by atoms with Gasteiger partial charge in [-0.3, -0.25) is 9.78 Å². The number of benzene rings is 1. The summed E-state index contributed by atoms with van der Waals surface area (Å²) in [5.74, 6) is 0.163. The smallest absolute Gasteiger partial charge is 0.164 e. The van der Waals surface area contributed by atoms with Crippen molar-refractivity contribution in [1.29, 1.82) is 0 Å². The van der Waals surface area contributed by atoms with Crippen LogP contribution in [0.2, 0.25) is 0 Å². The van der Waals surface area contributed by atoms with Crippen LogP contribution in [0.3, 0.4) is 0 Å². The highest BCUT2D eigenvalue weighted by atomic mass is 16.1. The molecule has 3 nitrogen and oxygen atoms in total. The van der Waals surface area contributed by atoms with Crippen molar-refractivity contribution in [2.75, 3.05) is 6.54 Å². The first kappa shape index (κ1) is 12.7. The molecule has 0 radical (unpaired) electrons. The summed E-state index contributed by atoms with van der Waals surface area (Å²) >= 11 is 0. The van der Waals surface area contributed by atoms with Crippen LogP contribution < -0.4 is 5.32 Å². The zero-order valence-corrected chi connectivity index (χ0v) is 10.8. The molecule has 0 saturated carbocycles. The Morgan fingerprint density at radius 1 is 1.33 bits per heavy atom. The van der Waals surface area contributed by atoms with Gasteiger partial charge in [-0.2, -0.15) is 0 Å². The van der Waals surface area contributed by atoms with E-state index in [1.54, 1.807) is 6.20 Å². The van der Waals surface area contributed by atoms with Crippen molar-refractivity contribution in [3.63, 3.8) is 0 Å². The Morgan fingerprint density at radius 2 is 2.17 bits per heavy atom. The predicted octanol–water partition coefficient (Wildman–Crippen LogP) is 2.81. The van der Waals surface area contributed by atoms with Gasteiger partial charge >= 0.3 is 0 Å². The van der Waals surface area contributed by atoms with Crippen molar-refractivity contribution in [3.05, 3.63) is 42.1 Å². The Kier molecular flexibility index (Phi) is 4.05. The molecule has 0 fully saturated rings. The van der Waals surface area contributed by atoms with E-state index in [-0.39, 0.29) is 5.78 Å². The van der Waals surface area contributed by atoms with E-state index in [4.69, 9.17) is 0 Å². The molecule has 0 spiro atoms. The van der Waals surface area contributed by atoms with E-state index in [0.717, 1.165) is 23.0 Å². The molecular formula is C15H18N2O. The molecule has 1 N–H and O–H groups in total. The van der Waals surface area contributed by atoms with Crippen LogP contribution >= 0.6 is 0 Å². The number of nitrogens with one attached hydrogen (secondary N) is 1. The molecule has 0 aliphatic heterocycles. The van der Waals surface area contributed by atoms with Crippen LogP contribution in [0.25, 0.3) is 10.9 Å². The number of nitrogens with zero attached hydrogens (tertiary/aromatic N) is 1. The van der Waals surface area contributed by atoms with Gasteiger partial charge in [0, 0.05) is 36.2 Å². The van der Waals surface area contributed by atoms with Gasteiger partial charge in [-0.25, -0.2) is 0 Å². The number of ketones is 1. The van der Waals surface area contributed by atoms with E-state index in [9.17, 15) is 4.79 Å². The van der Waals surface area contributed by atoms with Crippen LogP contribution in [0.5, 0.6) is 0 Å². The Bertz CT molecular complexity index is 549. The van der Waals surface area contributed by atoms with E-state index >= 15 is 0 Å². The summed E-state index contributed by atoms with van der Waals surface area (Å²) in [4.78, 5) is 16.3. The topological polar surface area (TPSA) is 42.0 Å². The van der Waals surface area contributed by atoms with E-state index in [1.807, 2.05) is 30.3 Å². The maximum atomic E-state index is 12.0. The fraction of sp³-hybridized carbons (Fsp3) is 0.333. The molecule has 0 aliphatic rings. The minimum Gasteiger partial charge on any atom is -0.314 e. The van der Waals surface area contributed by atoms with Gasteiger partial charge in [0.15, 0.2) is 5.78 Å². The molecule has 1 heterocycles. The molecule has 0 aliphatic carbocycles. The number of Topliss-reactive ketones (excluding diaryl/α,β-unsaturated/α-hetero) is 1. The lowest BCUT2D eigenvalue weighted by Crippen LogP contribution is -2.25. The van der Waals surface area contributed by atoms with Crippen molar-refractivity contribution < 1.29 is 4.79 Å². The Balaban J connectivity index is 2.08. The van der Waals surface area contributed by atoms with Crippen molar-refractivity contribution in [2.24, 2.45) is 0 Å². The number of fused-ring (bicyclic) bond motifs is 1. The number of hydrogen-bond acceptors (Lipinski definition) is 3. The summed E-state index contributed by atoms with van der Waals surface area (Å²) in [5, 5.41) is 4.31. The van der Waals surface area contributed by atoms with Crippen LogP contribution in [0.15, 0.2) is 36.5 Å². The molecule has 2 aromatic rings. The van der Waals surface area contributed by atoms with Crippen molar-refractivity contribution in [2.45, 2.75) is 26.3 Å². The summed E-state index contributed by atoms with van der Waals surface area (Å²) in [5.41, 5.74) is 1.62. The fourth-order valence-corrected chi connectivity index (χ4v) is 1.86.